The van der Waals surface area contributed by atoms with Gasteiger partial charge in [-0.1, -0.05) is 34.1 Å². The third-order valence-corrected chi connectivity index (χ3v) is 4.88. The Balaban J connectivity index is 5.44. The van der Waals surface area contributed by atoms with Gasteiger partial charge in [0.1, 0.15) is 18.1 Å². The monoisotopic (exact) mass is 446 g/mol. The van der Waals surface area contributed by atoms with Gasteiger partial charge >= 0.3 is 11.9 Å². The molecule has 0 saturated heterocycles. The van der Waals surface area contributed by atoms with Crippen molar-refractivity contribution in [3.8, 4) is 0 Å². The fourth-order valence-electron chi connectivity index (χ4n) is 2.55. The molecule has 0 aliphatic carbocycles. The summed E-state index contributed by atoms with van der Waals surface area (Å²) in [7, 11) is 0. The van der Waals surface area contributed by atoms with Crippen molar-refractivity contribution < 1.29 is 39.3 Å². The first kappa shape index (κ1) is 28.3. The largest absolute Gasteiger partial charge is 0.481 e. The summed E-state index contributed by atoms with van der Waals surface area (Å²) >= 11 is 0. The molecule has 5 atom stereocenters. The molecular weight excluding hydrogens is 412 g/mol. The highest BCUT2D eigenvalue weighted by Crippen LogP contribution is 2.08. The maximum atomic E-state index is 12.8. The molecule has 0 aliphatic rings. The summed E-state index contributed by atoms with van der Waals surface area (Å²) in [5.74, 6) is -5.56. The molecule has 0 aromatic rings. The highest BCUT2D eigenvalue weighted by molar-refractivity contribution is 5.94. The number of carbonyl (C=O) groups is 5. The SMILES string of the molecule is CCC(C)C(N)C(=O)NC(CCC(=O)O)C(=O)NC(C(=O)NC(CO)C(=O)O)C(C)C. The van der Waals surface area contributed by atoms with Crippen LogP contribution in [0.4, 0.5) is 0 Å². The third kappa shape index (κ3) is 9.75. The lowest BCUT2D eigenvalue weighted by molar-refractivity contribution is -0.143. The van der Waals surface area contributed by atoms with Gasteiger partial charge in [0, 0.05) is 6.42 Å². The van der Waals surface area contributed by atoms with Crippen LogP contribution in [0.15, 0.2) is 0 Å². The molecule has 12 nitrogen and oxygen atoms in total. The zero-order chi connectivity index (χ0) is 24.3. The van der Waals surface area contributed by atoms with E-state index in [1.54, 1.807) is 20.8 Å². The molecule has 31 heavy (non-hydrogen) atoms. The lowest BCUT2D eigenvalue weighted by Crippen LogP contribution is -2.59. The van der Waals surface area contributed by atoms with E-state index in [9.17, 15) is 24.0 Å². The minimum absolute atomic E-state index is 0.177. The van der Waals surface area contributed by atoms with E-state index >= 15 is 0 Å². The normalized spacial score (nSPS) is 15.8. The number of aliphatic carboxylic acids is 2. The van der Waals surface area contributed by atoms with Crippen LogP contribution in [-0.2, 0) is 24.0 Å². The van der Waals surface area contributed by atoms with Crippen LogP contribution in [-0.4, -0.2) is 75.8 Å². The van der Waals surface area contributed by atoms with E-state index in [1.165, 1.54) is 0 Å². The van der Waals surface area contributed by atoms with Gasteiger partial charge in [-0.15, -0.1) is 0 Å². The summed E-state index contributed by atoms with van der Waals surface area (Å²) in [6.07, 6.45) is -0.0339. The number of hydrogen-bond acceptors (Lipinski definition) is 7. The van der Waals surface area contributed by atoms with E-state index in [4.69, 9.17) is 21.1 Å². The number of rotatable bonds is 14. The predicted octanol–water partition coefficient (Wildman–Crippen LogP) is -1.59. The van der Waals surface area contributed by atoms with E-state index < -0.39 is 72.8 Å². The van der Waals surface area contributed by atoms with Crippen molar-refractivity contribution in [2.45, 2.75) is 71.1 Å². The number of amides is 3. The van der Waals surface area contributed by atoms with Crippen molar-refractivity contribution in [3.05, 3.63) is 0 Å². The number of carbonyl (C=O) groups excluding carboxylic acids is 3. The number of nitrogens with one attached hydrogen (secondary N) is 3. The molecular formula is C19H34N4O8. The Hall–Kier alpha value is -2.73. The van der Waals surface area contributed by atoms with Crippen molar-refractivity contribution in [3.63, 3.8) is 0 Å². The molecule has 0 radical (unpaired) electrons. The maximum Gasteiger partial charge on any atom is 0.328 e. The summed E-state index contributed by atoms with van der Waals surface area (Å²) in [6.45, 7) is 5.96. The van der Waals surface area contributed by atoms with Gasteiger partial charge < -0.3 is 37.0 Å². The van der Waals surface area contributed by atoms with Gasteiger partial charge in [-0.2, -0.15) is 0 Å². The average molecular weight is 447 g/mol. The van der Waals surface area contributed by atoms with E-state index in [0.717, 1.165) is 0 Å². The molecule has 0 spiro atoms. The van der Waals surface area contributed by atoms with Crippen LogP contribution in [0, 0.1) is 11.8 Å². The molecule has 178 valence electrons. The summed E-state index contributed by atoms with van der Waals surface area (Å²) in [6, 6.07) is -4.91. The number of hydrogen-bond donors (Lipinski definition) is 7. The Morgan fingerprint density at radius 2 is 1.42 bits per heavy atom. The first-order valence-corrected chi connectivity index (χ1v) is 10.1. The van der Waals surface area contributed by atoms with Gasteiger partial charge in [-0.3, -0.25) is 19.2 Å². The Morgan fingerprint density at radius 3 is 1.84 bits per heavy atom. The second-order valence-corrected chi connectivity index (χ2v) is 7.72. The molecule has 12 heteroatoms. The molecule has 0 aromatic carbocycles. The molecule has 0 saturated carbocycles. The summed E-state index contributed by atoms with van der Waals surface area (Å²) in [5, 5.41) is 34.0. The van der Waals surface area contributed by atoms with Crippen LogP contribution in [0.3, 0.4) is 0 Å². The van der Waals surface area contributed by atoms with E-state index in [-0.39, 0.29) is 12.3 Å². The van der Waals surface area contributed by atoms with E-state index in [1.807, 2.05) is 6.92 Å². The molecule has 0 heterocycles. The number of carboxylic acids is 2. The summed E-state index contributed by atoms with van der Waals surface area (Å²) < 4.78 is 0. The van der Waals surface area contributed by atoms with E-state index in [2.05, 4.69) is 16.0 Å². The van der Waals surface area contributed by atoms with Crippen LogP contribution >= 0.6 is 0 Å². The quantitative estimate of drug-likeness (QED) is 0.164. The van der Waals surface area contributed by atoms with Crippen LogP contribution in [0.1, 0.15) is 47.0 Å². The molecule has 0 bridgehead atoms. The zero-order valence-corrected chi connectivity index (χ0v) is 18.3. The van der Waals surface area contributed by atoms with Gasteiger partial charge in [-0.25, -0.2) is 4.79 Å². The molecule has 0 aromatic heterocycles. The summed E-state index contributed by atoms with van der Waals surface area (Å²) in [5.41, 5.74) is 5.87. The van der Waals surface area contributed by atoms with Crippen molar-refractivity contribution >= 4 is 29.7 Å². The van der Waals surface area contributed by atoms with Crippen molar-refractivity contribution in [1.29, 1.82) is 0 Å². The van der Waals surface area contributed by atoms with E-state index in [0.29, 0.717) is 6.42 Å². The van der Waals surface area contributed by atoms with Crippen LogP contribution in [0.5, 0.6) is 0 Å². The highest BCUT2D eigenvalue weighted by Gasteiger charge is 2.32. The number of aliphatic hydroxyl groups excluding tert-OH is 1. The zero-order valence-electron chi connectivity index (χ0n) is 18.3. The second-order valence-electron chi connectivity index (χ2n) is 7.72. The predicted molar refractivity (Wildman–Crippen MR) is 110 cm³/mol. The third-order valence-electron chi connectivity index (χ3n) is 4.88. The molecule has 0 rings (SSSR count). The van der Waals surface area contributed by atoms with Crippen LogP contribution in [0.2, 0.25) is 0 Å². The Labute approximate surface area is 180 Å². The fourth-order valence-corrected chi connectivity index (χ4v) is 2.55. The molecule has 3 amide bonds. The number of aliphatic hydroxyl groups is 1. The van der Waals surface area contributed by atoms with Crippen molar-refractivity contribution in [2.24, 2.45) is 17.6 Å². The van der Waals surface area contributed by atoms with Crippen LogP contribution in [0.25, 0.3) is 0 Å². The number of carboxylic acid groups (broad SMARTS) is 2. The minimum Gasteiger partial charge on any atom is -0.481 e. The summed E-state index contributed by atoms with van der Waals surface area (Å²) in [4.78, 5) is 59.5. The van der Waals surface area contributed by atoms with Gasteiger partial charge in [0.05, 0.1) is 12.6 Å². The topological polar surface area (TPSA) is 208 Å². The Bertz CT molecular complexity index is 655. The van der Waals surface area contributed by atoms with Crippen LogP contribution < -0.4 is 21.7 Å². The molecule has 8 N–H and O–H groups in total. The first-order chi connectivity index (χ1) is 14.3. The van der Waals surface area contributed by atoms with Gasteiger partial charge in [-0.05, 0) is 18.3 Å². The molecule has 0 fully saturated rings. The Morgan fingerprint density at radius 1 is 0.871 bits per heavy atom. The molecule has 5 unspecified atom stereocenters. The van der Waals surface area contributed by atoms with Gasteiger partial charge in [0.25, 0.3) is 0 Å². The number of nitrogens with two attached hydrogens (primary N) is 1. The first-order valence-electron chi connectivity index (χ1n) is 10.1. The van der Waals surface area contributed by atoms with Gasteiger partial charge in [0.15, 0.2) is 0 Å². The van der Waals surface area contributed by atoms with Crippen molar-refractivity contribution in [1.82, 2.24) is 16.0 Å². The Kier molecular flexibility index (Phi) is 12.4. The maximum absolute atomic E-state index is 12.8. The lowest BCUT2D eigenvalue weighted by atomic mass is 9.98. The lowest BCUT2D eigenvalue weighted by Gasteiger charge is -2.27. The fraction of sp³-hybridized carbons (Fsp3) is 0.737. The molecule has 0 aliphatic heterocycles. The minimum atomic E-state index is -1.55. The average Bonchev–Trinajstić information content (AvgIpc) is 2.70. The standard InChI is InChI=1S/C19H34N4O8/c1-5-10(4)14(20)17(28)21-11(6-7-13(25)26)16(27)23-15(9(2)3)18(29)22-12(8-24)19(30)31/h9-12,14-15,24H,5-8,20H2,1-4H3,(H,21,28)(H,22,29)(H,23,27)(H,25,26)(H,30,31). The smallest absolute Gasteiger partial charge is 0.328 e. The second kappa shape index (κ2) is 13.5. The van der Waals surface area contributed by atoms with Crippen molar-refractivity contribution in [2.75, 3.05) is 6.61 Å². The van der Waals surface area contributed by atoms with Gasteiger partial charge in [0.2, 0.25) is 17.7 Å². The highest BCUT2D eigenvalue weighted by atomic mass is 16.4.